The van der Waals surface area contributed by atoms with Gasteiger partial charge in [-0.1, -0.05) is 6.92 Å². The number of carbonyl (C=O) groups excluding carboxylic acids is 3. The fourth-order valence-corrected chi connectivity index (χ4v) is 1.46. The van der Waals surface area contributed by atoms with E-state index >= 15 is 0 Å². The van der Waals surface area contributed by atoms with E-state index in [4.69, 9.17) is 0 Å². The minimum Gasteiger partial charge on any atom is -0.392 e. The van der Waals surface area contributed by atoms with Crippen molar-refractivity contribution in [2.75, 3.05) is 12.0 Å². The molecule has 5 nitrogen and oxygen atoms in total. The molecule has 0 heterocycles. The zero-order chi connectivity index (χ0) is 12.6. The van der Waals surface area contributed by atoms with Gasteiger partial charge in [0.1, 0.15) is 6.04 Å². The van der Waals surface area contributed by atoms with E-state index in [1.54, 1.807) is 18.7 Å². The van der Waals surface area contributed by atoms with Gasteiger partial charge < -0.3 is 10.1 Å². The average Bonchev–Trinajstić information content (AvgIpc) is 2.23. The Balaban J connectivity index is 4.30. The molecule has 0 aromatic rings. The Labute approximate surface area is 99.3 Å². The van der Waals surface area contributed by atoms with E-state index < -0.39 is 18.0 Å². The zero-order valence-corrected chi connectivity index (χ0v) is 10.6. The second kappa shape index (κ2) is 8.15. The van der Waals surface area contributed by atoms with Crippen molar-refractivity contribution in [3.63, 3.8) is 0 Å². The largest absolute Gasteiger partial charge is 0.392 e. The predicted molar refractivity (Wildman–Crippen MR) is 62.0 cm³/mol. The lowest BCUT2D eigenvalue weighted by Crippen LogP contribution is -2.41. The van der Waals surface area contributed by atoms with Crippen molar-refractivity contribution in [1.82, 2.24) is 5.32 Å². The Kier molecular flexibility index (Phi) is 7.62. The fraction of sp³-hybridized carbons (Fsp3) is 0.700. The minimum atomic E-state index is -0.736. The van der Waals surface area contributed by atoms with Crippen molar-refractivity contribution in [3.8, 4) is 0 Å². The van der Waals surface area contributed by atoms with Gasteiger partial charge in [-0.05, 0) is 18.4 Å². The molecular weight excluding hydrogens is 230 g/mol. The van der Waals surface area contributed by atoms with Crippen LogP contribution in [0.2, 0.25) is 0 Å². The van der Waals surface area contributed by atoms with Crippen LogP contribution < -0.4 is 5.32 Å². The van der Waals surface area contributed by atoms with E-state index in [0.29, 0.717) is 12.2 Å². The van der Waals surface area contributed by atoms with Gasteiger partial charge in [0.25, 0.3) is 0 Å². The maximum Gasteiger partial charge on any atom is 0.336 e. The summed E-state index contributed by atoms with van der Waals surface area (Å²) in [7, 11) is 0. The number of thioether (sulfide) groups is 1. The Hall–Kier alpha value is -1.04. The molecule has 0 aromatic carbocycles. The smallest absolute Gasteiger partial charge is 0.336 e. The van der Waals surface area contributed by atoms with Gasteiger partial charge in [0.2, 0.25) is 5.91 Å². The summed E-state index contributed by atoms with van der Waals surface area (Å²) >= 11 is 1.56. The quantitative estimate of drug-likeness (QED) is 0.553. The maximum absolute atomic E-state index is 11.5. The summed E-state index contributed by atoms with van der Waals surface area (Å²) in [6.45, 7) is 2.92. The van der Waals surface area contributed by atoms with Gasteiger partial charge in [0.15, 0.2) is 0 Å². The zero-order valence-electron chi connectivity index (χ0n) is 9.74. The van der Waals surface area contributed by atoms with Crippen molar-refractivity contribution < 1.29 is 19.1 Å². The van der Waals surface area contributed by atoms with E-state index in [1.807, 2.05) is 6.26 Å². The second-order valence-electron chi connectivity index (χ2n) is 3.18. The summed E-state index contributed by atoms with van der Waals surface area (Å²) in [5.41, 5.74) is 0. The molecule has 0 aromatic heterocycles. The van der Waals surface area contributed by atoms with Gasteiger partial charge in [-0.25, -0.2) is 4.79 Å². The van der Waals surface area contributed by atoms with Gasteiger partial charge in [0.05, 0.1) is 0 Å². The first-order chi connectivity index (χ1) is 7.51. The molecule has 0 unspecified atom stereocenters. The molecular formula is C10H17NO4S. The van der Waals surface area contributed by atoms with E-state index in [1.165, 1.54) is 6.92 Å². The second-order valence-corrected chi connectivity index (χ2v) is 4.17. The summed E-state index contributed by atoms with van der Waals surface area (Å²) in [5, 5.41) is 2.46. The van der Waals surface area contributed by atoms with E-state index in [-0.39, 0.29) is 12.3 Å². The molecule has 0 rings (SSSR count). The Morgan fingerprint density at radius 2 is 2.00 bits per heavy atom. The van der Waals surface area contributed by atoms with E-state index in [0.717, 1.165) is 0 Å². The first-order valence-electron chi connectivity index (χ1n) is 5.01. The Morgan fingerprint density at radius 1 is 1.38 bits per heavy atom. The van der Waals surface area contributed by atoms with E-state index in [2.05, 4.69) is 10.1 Å². The summed E-state index contributed by atoms with van der Waals surface area (Å²) < 4.78 is 4.56. The Bertz CT molecular complexity index is 268. The van der Waals surface area contributed by atoms with Crippen molar-refractivity contribution in [2.45, 2.75) is 32.7 Å². The molecule has 0 aliphatic rings. The number of esters is 2. The van der Waals surface area contributed by atoms with Crippen LogP contribution in [-0.2, 0) is 19.1 Å². The number of ether oxygens (including phenoxy) is 1. The van der Waals surface area contributed by atoms with Crippen LogP contribution in [0.1, 0.15) is 26.7 Å². The molecule has 0 spiro atoms. The first-order valence-corrected chi connectivity index (χ1v) is 6.41. The predicted octanol–water partition coefficient (Wildman–Crippen LogP) is 0.724. The molecule has 0 saturated carbocycles. The summed E-state index contributed by atoms with van der Waals surface area (Å²) in [6.07, 6.45) is 2.49. The normalized spacial score (nSPS) is 11.7. The molecule has 0 bridgehead atoms. The number of hydrogen-bond acceptors (Lipinski definition) is 5. The molecule has 0 aliphatic heterocycles. The van der Waals surface area contributed by atoms with Crippen LogP contribution in [0, 0.1) is 0 Å². The minimum absolute atomic E-state index is 0.140. The van der Waals surface area contributed by atoms with Gasteiger partial charge >= 0.3 is 11.9 Å². The van der Waals surface area contributed by atoms with Gasteiger partial charge in [-0.15, -0.1) is 0 Å². The summed E-state index contributed by atoms with van der Waals surface area (Å²) in [4.78, 5) is 33.3. The van der Waals surface area contributed by atoms with Crippen LogP contribution in [-0.4, -0.2) is 35.9 Å². The van der Waals surface area contributed by atoms with Gasteiger partial charge in [-0.2, -0.15) is 11.8 Å². The fourth-order valence-electron chi connectivity index (χ4n) is 0.986. The van der Waals surface area contributed by atoms with Gasteiger partial charge in [0, 0.05) is 13.3 Å². The monoisotopic (exact) mass is 247 g/mol. The lowest BCUT2D eigenvalue weighted by atomic mass is 10.2. The lowest BCUT2D eigenvalue weighted by Gasteiger charge is -2.14. The number of carbonyl (C=O) groups is 3. The third-order valence-corrected chi connectivity index (χ3v) is 2.42. The van der Waals surface area contributed by atoms with Crippen LogP contribution in [0.15, 0.2) is 0 Å². The van der Waals surface area contributed by atoms with Crippen molar-refractivity contribution in [2.24, 2.45) is 0 Å². The first kappa shape index (κ1) is 15.0. The molecule has 0 radical (unpaired) electrons. The maximum atomic E-state index is 11.5. The summed E-state index contributed by atoms with van der Waals surface area (Å²) in [6, 6.07) is -0.736. The number of nitrogens with one attached hydrogen (secondary N) is 1. The standard InChI is InChI=1S/C10H17NO4S/c1-4-9(13)15-10(14)8(5-6-16-3)11-7(2)12/h8H,4-6H2,1-3H3,(H,11,12)/t8-/m0/s1. The van der Waals surface area contributed by atoms with Crippen molar-refractivity contribution in [3.05, 3.63) is 0 Å². The highest BCUT2D eigenvalue weighted by atomic mass is 32.2. The van der Waals surface area contributed by atoms with Crippen LogP contribution >= 0.6 is 11.8 Å². The summed E-state index contributed by atoms with van der Waals surface area (Å²) in [5.74, 6) is -0.868. The third-order valence-electron chi connectivity index (χ3n) is 1.78. The number of rotatable bonds is 6. The average molecular weight is 247 g/mol. The number of amides is 1. The Morgan fingerprint density at radius 3 is 2.44 bits per heavy atom. The molecule has 0 fully saturated rings. The molecule has 16 heavy (non-hydrogen) atoms. The lowest BCUT2D eigenvalue weighted by molar-refractivity contribution is -0.161. The molecule has 1 amide bonds. The van der Waals surface area contributed by atoms with Crippen molar-refractivity contribution in [1.29, 1.82) is 0 Å². The molecule has 0 aliphatic carbocycles. The molecule has 0 saturated heterocycles. The highest BCUT2D eigenvalue weighted by Gasteiger charge is 2.22. The van der Waals surface area contributed by atoms with Crippen LogP contribution in [0.4, 0.5) is 0 Å². The molecule has 92 valence electrons. The van der Waals surface area contributed by atoms with Crippen LogP contribution in [0.3, 0.4) is 0 Å². The van der Waals surface area contributed by atoms with E-state index in [9.17, 15) is 14.4 Å². The highest BCUT2D eigenvalue weighted by molar-refractivity contribution is 7.98. The SMILES string of the molecule is CCC(=O)OC(=O)[C@H](CCSC)NC(C)=O. The molecule has 6 heteroatoms. The van der Waals surface area contributed by atoms with Gasteiger partial charge in [-0.3, -0.25) is 9.59 Å². The molecule has 1 N–H and O–H groups in total. The van der Waals surface area contributed by atoms with Crippen molar-refractivity contribution >= 4 is 29.6 Å². The highest BCUT2D eigenvalue weighted by Crippen LogP contribution is 2.03. The molecule has 1 atom stereocenters. The topological polar surface area (TPSA) is 72.5 Å². The third kappa shape index (κ3) is 6.44. The number of hydrogen-bond donors (Lipinski definition) is 1. The van der Waals surface area contributed by atoms with Crippen LogP contribution in [0.5, 0.6) is 0 Å². The van der Waals surface area contributed by atoms with Crippen LogP contribution in [0.25, 0.3) is 0 Å².